The molecule has 4 heteroatoms. The van der Waals surface area contributed by atoms with Crippen LogP contribution in [0.1, 0.15) is 64.4 Å². The minimum absolute atomic E-state index is 0.187. The number of alkyl halides is 1. The van der Waals surface area contributed by atoms with E-state index >= 15 is 0 Å². The van der Waals surface area contributed by atoms with E-state index in [1.54, 1.807) is 0 Å². The van der Waals surface area contributed by atoms with Gasteiger partial charge < -0.3 is 9.47 Å². The van der Waals surface area contributed by atoms with E-state index in [0.717, 1.165) is 48.4 Å². The van der Waals surface area contributed by atoms with Crippen LogP contribution in [0.5, 0.6) is 5.75 Å². The Morgan fingerprint density at radius 2 is 1.71 bits per heavy atom. The van der Waals surface area contributed by atoms with Crippen molar-refractivity contribution < 1.29 is 9.47 Å². The van der Waals surface area contributed by atoms with Gasteiger partial charge in [0, 0.05) is 23.7 Å². The number of aromatic nitrogens is 1. The molecular weight excluding hydrogens is 370 g/mol. The number of rotatable bonds is 14. The van der Waals surface area contributed by atoms with E-state index in [9.17, 15) is 0 Å². The second kappa shape index (κ2) is 13.6. The van der Waals surface area contributed by atoms with Gasteiger partial charge >= 0.3 is 0 Å². The lowest BCUT2D eigenvalue weighted by molar-refractivity contribution is 0.116. The number of benzene rings is 1. The summed E-state index contributed by atoms with van der Waals surface area (Å²) in [5, 5.41) is 0.187. The van der Waals surface area contributed by atoms with Crippen molar-refractivity contribution in [1.82, 2.24) is 4.98 Å². The minimum Gasteiger partial charge on any atom is -0.494 e. The molecule has 0 N–H and O–H groups in total. The zero-order valence-corrected chi connectivity index (χ0v) is 18.1. The number of nitrogens with zero attached hydrogens (tertiary/aromatic N) is 1. The third-order valence-corrected chi connectivity index (χ3v) is 5.31. The Labute approximate surface area is 175 Å². The summed E-state index contributed by atoms with van der Waals surface area (Å²) in [6.07, 6.45) is 10.1. The van der Waals surface area contributed by atoms with Crippen LogP contribution in [0.2, 0.25) is 0 Å². The molecule has 1 heterocycles. The van der Waals surface area contributed by atoms with E-state index in [2.05, 4.69) is 31.0 Å². The molecule has 0 aliphatic rings. The van der Waals surface area contributed by atoms with Gasteiger partial charge in [-0.25, -0.2) is 0 Å². The summed E-state index contributed by atoms with van der Waals surface area (Å²) < 4.78 is 11.5. The Kier molecular flexibility index (Phi) is 11.0. The van der Waals surface area contributed by atoms with Crippen molar-refractivity contribution in [3.8, 4) is 17.0 Å². The predicted octanol–water partition coefficient (Wildman–Crippen LogP) is 7.02. The topological polar surface area (TPSA) is 31.4 Å². The van der Waals surface area contributed by atoms with E-state index in [1.165, 1.54) is 25.7 Å². The molecule has 154 valence electrons. The highest BCUT2D eigenvalue weighted by Crippen LogP contribution is 2.21. The summed E-state index contributed by atoms with van der Waals surface area (Å²) in [6, 6.07) is 12.2. The van der Waals surface area contributed by atoms with Crippen molar-refractivity contribution in [3.63, 3.8) is 0 Å². The first-order chi connectivity index (χ1) is 13.7. The minimum atomic E-state index is 0.187. The third-order valence-electron chi connectivity index (χ3n) is 4.78. The maximum absolute atomic E-state index is 6.12. The largest absolute Gasteiger partial charge is 0.494 e. The summed E-state index contributed by atoms with van der Waals surface area (Å²) in [5.74, 6) is 0.868. The number of halogens is 1. The molecule has 2 rings (SSSR count). The molecule has 1 aromatic heterocycles. The van der Waals surface area contributed by atoms with Crippen LogP contribution < -0.4 is 4.74 Å². The number of unbranched alkanes of at least 4 members (excludes halogenated alkanes) is 4. The lowest BCUT2D eigenvalue weighted by atomic mass is 10.1. The van der Waals surface area contributed by atoms with Crippen LogP contribution >= 0.6 is 11.6 Å². The molecule has 0 spiro atoms. The Bertz CT molecular complexity index is 643. The molecular formula is C24H34ClNO2. The lowest BCUT2D eigenvalue weighted by Crippen LogP contribution is -2.05. The van der Waals surface area contributed by atoms with Gasteiger partial charge in [0.2, 0.25) is 0 Å². The molecule has 2 aromatic rings. The quantitative estimate of drug-likeness (QED) is 0.251. The molecule has 0 aliphatic carbocycles. The van der Waals surface area contributed by atoms with Crippen molar-refractivity contribution in [2.24, 2.45) is 0 Å². The Morgan fingerprint density at radius 3 is 2.39 bits per heavy atom. The van der Waals surface area contributed by atoms with Crippen molar-refractivity contribution in [2.45, 2.75) is 70.8 Å². The molecule has 0 bridgehead atoms. The average molecular weight is 404 g/mol. The van der Waals surface area contributed by atoms with Crippen LogP contribution in [0, 0.1) is 0 Å². The van der Waals surface area contributed by atoms with Crippen molar-refractivity contribution in [2.75, 3.05) is 13.2 Å². The van der Waals surface area contributed by atoms with Gasteiger partial charge in [0.05, 0.1) is 18.9 Å². The van der Waals surface area contributed by atoms with Crippen LogP contribution in [-0.2, 0) is 11.3 Å². The first-order valence-electron chi connectivity index (χ1n) is 10.6. The van der Waals surface area contributed by atoms with Crippen LogP contribution in [0.4, 0.5) is 0 Å². The maximum Gasteiger partial charge on any atom is 0.119 e. The standard InChI is InChI=1S/C24H34ClNO2/c1-3-5-6-7-8-16-27-19-20-9-14-24(26-18-20)21-10-12-23(13-11-21)28-17-15-22(25)4-2/h9-14,18,22H,3-8,15-17,19H2,1-2H3. The molecule has 0 saturated heterocycles. The Hall–Kier alpha value is -1.58. The first-order valence-corrected chi connectivity index (χ1v) is 11.1. The third kappa shape index (κ3) is 8.62. The fourth-order valence-electron chi connectivity index (χ4n) is 2.91. The van der Waals surface area contributed by atoms with Crippen molar-refractivity contribution in [1.29, 1.82) is 0 Å². The molecule has 1 unspecified atom stereocenters. The fraction of sp³-hybridized carbons (Fsp3) is 0.542. The highest BCUT2D eigenvalue weighted by atomic mass is 35.5. The van der Waals surface area contributed by atoms with Crippen LogP contribution in [0.15, 0.2) is 42.6 Å². The molecule has 0 radical (unpaired) electrons. The van der Waals surface area contributed by atoms with E-state index in [4.69, 9.17) is 21.1 Å². The van der Waals surface area contributed by atoms with Gasteiger partial charge in [-0.15, -0.1) is 11.6 Å². The number of hydrogen-bond acceptors (Lipinski definition) is 3. The highest BCUT2D eigenvalue weighted by molar-refractivity contribution is 6.20. The number of hydrogen-bond donors (Lipinski definition) is 0. The predicted molar refractivity (Wildman–Crippen MR) is 118 cm³/mol. The molecule has 0 amide bonds. The van der Waals surface area contributed by atoms with Gasteiger partial charge in [-0.2, -0.15) is 0 Å². The van der Waals surface area contributed by atoms with Crippen LogP contribution in [0.25, 0.3) is 11.3 Å². The molecule has 3 nitrogen and oxygen atoms in total. The van der Waals surface area contributed by atoms with Gasteiger partial charge in [-0.3, -0.25) is 4.98 Å². The van der Waals surface area contributed by atoms with Gasteiger partial charge in [-0.05, 0) is 55.2 Å². The molecule has 0 saturated carbocycles. The van der Waals surface area contributed by atoms with Gasteiger partial charge in [0.1, 0.15) is 5.75 Å². The molecule has 1 atom stereocenters. The smallest absolute Gasteiger partial charge is 0.119 e. The molecule has 1 aromatic carbocycles. The highest BCUT2D eigenvalue weighted by Gasteiger charge is 2.04. The number of pyridine rings is 1. The van der Waals surface area contributed by atoms with Gasteiger partial charge in [-0.1, -0.05) is 45.6 Å². The SMILES string of the molecule is CCCCCCCOCc1ccc(-c2ccc(OCCC(Cl)CC)cc2)nc1. The zero-order chi connectivity index (χ0) is 20.0. The zero-order valence-electron chi connectivity index (χ0n) is 17.3. The maximum atomic E-state index is 6.12. The molecule has 0 fully saturated rings. The summed E-state index contributed by atoms with van der Waals surface area (Å²) in [7, 11) is 0. The molecule has 28 heavy (non-hydrogen) atoms. The molecule has 0 aliphatic heterocycles. The van der Waals surface area contributed by atoms with Gasteiger partial charge in [0.15, 0.2) is 0 Å². The summed E-state index contributed by atoms with van der Waals surface area (Å²) >= 11 is 6.12. The summed E-state index contributed by atoms with van der Waals surface area (Å²) in [4.78, 5) is 4.58. The lowest BCUT2D eigenvalue weighted by Gasteiger charge is -2.09. The second-order valence-corrected chi connectivity index (χ2v) is 7.80. The summed E-state index contributed by atoms with van der Waals surface area (Å²) in [6.45, 7) is 6.43. The van der Waals surface area contributed by atoms with E-state index < -0.39 is 0 Å². The fourth-order valence-corrected chi connectivity index (χ4v) is 3.00. The first kappa shape index (κ1) is 22.7. The Morgan fingerprint density at radius 1 is 0.929 bits per heavy atom. The van der Waals surface area contributed by atoms with Crippen LogP contribution in [-0.4, -0.2) is 23.6 Å². The second-order valence-electron chi connectivity index (χ2n) is 7.19. The van der Waals surface area contributed by atoms with Gasteiger partial charge in [0.25, 0.3) is 0 Å². The van der Waals surface area contributed by atoms with E-state index in [-0.39, 0.29) is 5.38 Å². The van der Waals surface area contributed by atoms with Crippen molar-refractivity contribution in [3.05, 3.63) is 48.2 Å². The normalized spacial score (nSPS) is 12.1. The average Bonchev–Trinajstić information content (AvgIpc) is 2.74. The van der Waals surface area contributed by atoms with Crippen LogP contribution in [0.3, 0.4) is 0 Å². The Balaban J connectivity index is 1.73. The van der Waals surface area contributed by atoms with Crippen molar-refractivity contribution >= 4 is 11.6 Å². The monoisotopic (exact) mass is 403 g/mol. The van der Waals surface area contributed by atoms with E-state index in [1.807, 2.05) is 30.5 Å². The van der Waals surface area contributed by atoms with E-state index in [0.29, 0.717) is 13.2 Å². The summed E-state index contributed by atoms with van der Waals surface area (Å²) in [5.41, 5.74) is 3.16. The number of ether oxygens (including phenoxy) is 2.